The van der Waals surface area contributed by atoms with Crippen molar-refractivity contribution in [2.75, 3.05) is 4.90 Å². The highest BCUT2D eigenvalue weighted by Crippen LogP contribution is 2.58. The molecule has 1 spiro atoms. The molecule has 2 saturated heterocycles. The van der Waals surface area contributed by atoms with E-state index in [2.05, 4.69) is 0 Å². The molecule has 3 atom stereocenters. The molecule has 3 aliphatic rings. The van der Waals surface area contributed by atoms with Gasteiger partial charge in [-0.2, -0.15) is 0 Å². The zero-order valence-electron chi connectivity index (χ0n) is 18.3. The fraction of sp³-hybridized carbons (Fsp3) is 0.185. The summed E-state index contributed by atoms with van der Waals surface area (Å²) < 4.78 is 6.26. The van der Waals surface area contributed by atoms with Gasteiger partial charge in [0, 0.05) is 16.1 Å². The monoisotopic (exact) mass is 505 g/mol. The minimum absolute atomic E-state index is 0.108. The zero-order chi connectivity index (χ0) is 24.6. The number of ketones is 2. The number of anilines is 1. The van der Waals surface area contributed by atoms with Gasteiger partial charge in [-0.15, -0.1) is 0 Å². The van der Waals surface area contributed by atoms with Crippen LogP contribution in [0.5, 0.6) is 0 Å². The van der Waals surface area contributed by atoms with Gasteiger partial charge in [-0.25, -0.2) is 4.90 Å². The number of amides is 2. The number of halogens is 2. The maximum absolute atomic E-state index is 13.9. The smallest absolute Gasteiger partial charge is 0.241 e. The van der Waals surface area contributed by atoms with Crippen molar-refractivity contribution in [1.82, 2.24) is 0 Å². The topological polar surface area (TPSA) is 80.8 Å². The quantitative estimate of drug-likeness (QED) is 0.361. The van der Waals surface area contributed by atoms with E-state index in [9.17, 15) is 19.2 Å². The Hall–Kier alpha value is -3.32. The lowest BCUT2D eigenvalue weighted by atomic mass is 9.77. The van der Waals surface area contributed by atoms with Crippen molar-refractivity contribution < 1.29 is 23.9 Å². The molecule has 3 aromatic rings. The first-order valence-electron chi connectivity index (χ1n) is 11.0. The van der Waals surface area contributed by atoms with Gasteiger partial charge in [-0.1, -0.05) is 77.3 Å². The van der Waals surface area contributed by atoms with E-state index >= 15 is 0 Å². The average molecular weight is 506 g/mol. The molecule has 2 aliphatic heterocycles. The van der Waals surface area contributed by atoms with Crippen LogP contribution in [0, 0.1) is 18.8 Å². The summed E-state index contributed by atoms with van der Waals surface area (Å²) in [6, 6.07) is 18.1. The summed E-state index contributed by atoms with van der Waals surface area (Å²) in [4.78, 5) is 56.2. The van der Waals surface area contributed by atoms with Crippen LogP contribution < -0.4 is 4.90 Å². The van der Waals surface area contributed by atoms with Crippen LogP contribution in [0.4, 0.5) is 5.69 Å². The van der Waals surface area contributed by atoms with E-state index < -0.39 is 46.9 Å². The summed E-state index contributed by atoms with van der Waals surface area (Å²) in [5, 5.41) is 0.425. The number of nitrogens with zero attached hydrogens (tertiary/aromatic N) is 1. The molecule has 0 aromatic heterocycles. The van der Waals surface area contributed by atoms with Gasteiger partial charge >= 0.3 is 0 Å². The van der Waals surface area contributed by atoms with Crippen LogP contribution >= 0.6 is 23.2 Å². The molecule has 35 heavy (non-hydrogen) atoms. The highest BCUT2D eigenvalue weighted by atomic mass is 35.5. The van der Waals surface area contributed by atoms with E-state index in [1.54, 1.807) is 30.3 Å². The molecule has 1 aliphatic carbocycles. The second-order valence-electron chi connectivity index (χ2n) is 9.00. The van der Waals surface area contributed by atoms with Crippen molar-refractivity contribution in [1.29, 1.82) is 0 Å². The number of aryl methyl sites for hydroxylation is 1. The number of hydrogen-bond donors (Lipinski definition) is 0. The second kappa shape index (κ2) is 7.59. The van der Waals surface area contributed by atoms with Crippen LogP contribution in [-0.2, 0) is 14.3 Å². The van der Waals surface area contributed by atoms with E-state index in [4.69, 9.17) is 27.9 Å². The minimum atomic E-state index is -2.13. The molecular weight excluding hydrogens is 489 g/mol. The summed E-state index contributed by atoms with van der Waals surface area (Å²) in [5.41, 5.74) is -0.0765. The SMILES string of the molecule is Cc1ccc([C@H]2OC3(C(=O)c4ccccc4C3=O)[C@@H]3C(=O)N(c4cc(Cl)ccc4Cl)C(=O)[C@@H]23)cc1. The molecule has 6 rings (SSSR count). The number of hydrogen-bond acceptors (Lipinski definition) is 5. The molecule has 0 unspecified atom stereocenters. The lowest BCUT2D eigenvalue weighted by molar-refractivity contribution is -0.127. The lowest BCUT2D eigenvalue weighted by Crippen LogP contribution is -2.51. The van der Waals surface area contributed by atoms with Crippen molar-refractivity contribution in [3.8, 4) is 0 Å². The number of benzene rings is 3. The standard InChI is InChI=1S/C27H17Cl2NO5/c1-13-6-8-14(9-7-13)22-20-21(26(34)30(25(20)33)19-12-15(28)10-11-18(19)29)27(35-22)23(31)16-4-2-3-5-17(16)24(27)32/h2-12,20-22H,1H3/t20-,21+,22-/m1/s1. The van der Waals surface area contributed by atoms with Gasteiger partial charge < -0.3 is 4.74 Å². The van der Waals surface area contributed by atoms with Crippen LogP contribution in [0.2, 0.25) is 10.0 Å². The molecule has 0 N–H and O–H groups in total. The first-order chi connectivity index (χ1) is 16.8. The van der Waals surface area contributed by atoms with Crippen LogP contribution in [0.3, 0.4) is 0 Å². The Morgan fingerprint density at radius 2 is 1.46 bits per heavy atom. The average Bonchev–Trinajstić information content (AvgIpc) is 3.41. The number of carbonyl (C=O) groups excluding carboxylic acids is 4. The molecule has 0 bridgehead atoms. The zero-order valence-corrected chi connectivity index (χ0v) is 19.8. The summed E-state index contributed by atoms with van der Waals surface area (Å²) in [5.74, 6) is -4.96. The molecule has 2 heterocycles. The molecule has 0 saturated carbocycles. The molecule has 6 nitrogen and oxygen atoms in total. The van der Waals surface area contributed by atoms with Crippen molar-refractivity contribution in [2.24, 2.45) is 11.8 Å². The van der Waals surface area contributed by atoms with Gasteiger partial charge in [-0.05, 0) is 30.7 Å². The Balaban J connectivity index is 1.56. The Morgan fingerprint density at radius 1 is 0.829 bits per heavy atom. The van der Waals surface area contributed by atoms with Crippen molar-refractivity contribution >= 4 is 52.3 Å². The van der Waals surface area contributed by atoms with E-state index in [-0.39, 0.29) is 26.9 Å². The number of fused-ring (bicyclic) bond motifs is 3. The number of rotatable bonds is 2. The van der Waals surface area contributed by atoms with E-state index in [1.807, 2.05) is 19.1 Å². The number of ether oxygens (including phenoxy) is 1. The minimum Gasteiger partial charge on any atom is -0.349 e. The highest BCUT2D eigenvalue weighted by molar-refractivity contribution is 6.40. The maximum atomic E-state index is 13.9. The van der Waals surface area contributed by atoms with E-state index in [0.717, 1.165) is 10.5 Å². The molecule has 8 heteroatoms. The Bertz CT molecular complexity index is 1430. The third-order valence-electron chi connectivity index (χ3n) is 7.07. The molecule has 3 aromatic carbocycles. The molecule has 2 amide bonds. The van der Waals surface area contributed by atoms with Gasteiger partial charge in [0.25, 0.3) is 0 Å². The van der Waals surface area contributed by atoms with E-state index in [0.29, 0.717) is 5.56 Å². The first kappa shape index (κ1) is 22.2. The van der Waals surface area contributed by atoms with Crippen LogP contribution in [0.1, 0.15) is 37.9 Å². The molecule has 2 fully saturated rings. The van der Waals surface area contributed by atoms with Crippen molar-refractivity contribution in [3.63, 3.8) is 0 Å². The fourth-order valence-electron chi connectivity index (χ4n) is 5.47. The van der Waals surface area contributed by atoms with Crippen LogP contribution in [0.15, 0.2) is 66.7 Å². The maximum Gasteiger partial charge on any atom is 0.241 e. The Labute approximate surface area is 210 Å². The van der Waals surface area contributed by atoms with Crippen molar-refractivity contribution in [2.45, 2.75) is 18.6 Å². The van der Waals surface area contributed by atoms with Crippen LogP contribution in [-0.4, -0.2) is 29.0 Å². The number of carbonyl (C=O) groups is 4. The molecular formula is C27H17Cl2NO5. The lowest BCUT2D eigenvalue weighted by Gasteiger charge is -2.27. The van der Waals surface area contributed by atoms with E-state index in [1.165, 1.54) is 24.3 Å². The van der Waals surface area contributed by atoms with Gasteiger partial charge in [0.1, 0.15) is 0 Å². The van der Waals surface area contributed by atoms with Gasteiger partial charge in [0.15, 0.2) is 0 Å². The summed E-state index contributed by atoms with van der Waals surface area (Å²) in [7, 11) is 0. The third kappa shape index (κ3) is 2.88. The second-order valence-corrected chi connectivity index (χ2v) is 9.84. The Morgan fingerprint density at radius 3 is 2.09 bits per heavy atom. The predicted octanol–water partition coefficient (Wildman–Crippen LogP) is 5.00. The first-order valence-corrected chi connectivity index (χ1v) is 11.8. The van der Waals surface area contributed by atoms with Crippen molar-refractivity contribution in [3.05, 3.63) is 99.0 Å². The highest BCUT2D eigenvalue weighted by Gasteiger charge is 2.74. The summed E-state index contributed by atoms with van der Waals surface area (Å²) in [6.45, 7) is 1.91. The normalized spacial score (nSPS) is 24.4. The van der Waals surface area contributed by atoms with Gasteiger partial charge in [0.2, 0.25) is 29.0 Å². The summed E-state index contributed by atoms with van der Waals surface area (Å²) in [6.07, 6.45) is -0.984. The molecule has 0 radical (unpaired) electrons. The summed E-state index contributed by atoms with van der Waals surface area (Å²) >= 11 is 12.5. The number of imide groups is 1. The largest absolute Gasteiger partial charge is 0.349 e. The number of Topliss-reactive ketones (excluding diaryl/α,β-unsaturated/α-hetero) is 2. The predicted molar refractivity (Wildman–Crippen MR) is 129 cm³/mol. The van der Waals surface area contributed by atoms with Gasteiger partial charge in [0.05, 0.1) is 28.6 Å². The third-order valence-corrected chi connectivity index (χ3v) is 7.63. The van der Waals surface area contributed by atoms with Gasteiger partial charge in [-0.3, -0.25) is 19.2 Å². The van der Waals surface area contributed by atoms with Crippen LogP contribution in [0.25, 0.3) is 0 Å². The Kier molecular flexibility index (Phi) is 4.81. The fourth-order valence-corrected chi connectivity index (χ4v) is 5.84. The molecule has 174 valence electrons.